The maximum absolute atomic E-state index is 11.6. The number of anilines is 1. The van der Waals surface area contributed by atoms with E-state index in [-0.39, 0.29) is 5.91 Å². The fraction of sp³-hybridized carbons (Fsp3) is 0.105. The van der Waals surface area contributed by atoms with E-state index < -0.39 is 0 Å². The molecule has 6 nitrogen and oxygen atoms in total. The Bertz CT molecular complexity index is 834. The van der Waals surface area contributed by atoms with Crippen LogP contribution in [0.3, 0.4) is 0 Å². The number of carbonyl (C=O) groups excluding carboxylic acids is 1. The predicted molar refractivity (Wildman–Crippen MR) is 95.9 cm³/mol. The van der Waals surface area contributed by atoms with E-state index in [4.69, 9.17) is 10.6 Å². The lowest BCUT2D eigenvalue weighted by Crippen LogP contribution is -2.37. The lowest BCUT2D eigenvalue weighted by atomic mass is 10.1. The van der Waals surface area contributed by atoms with Gasteiger partial charge < -0.3 is 4.74 Å². The van der Waals surface area contributed by atoms with Crippen molar-refractivity contribution in [3.05, 3.63) is 66.7 Å². The molecule has 2 aromatic carbocycles. The van der Waals surface area contributed by atoms with Crippen molar-refractivity contribution in [2.75, 3.05) is 5.01 Å². The summed E-state index contributed by atoms with van der Waals surface area (Å²) in [5.74, 6) is 7.31. The van der Waals surface area contributed by atoms with Crippen LogP contribution in [-0.4, -0.2) is 16.1 Å². The number of nitrogens with two attached hydrogens (primary N) is 1. The lowest BCUT2D eigenvalue weighted by molar-refractivity contribution is -0.118. The van der Waals surface area contributed by atoms with Crippen LogP contribution in [-0.2, 0) is 4.79 Å². The van der Waals surface area contributed by atoms with Gasteiger partial charge in [-0.2, -0.15) is 0 Å². The summed E-state index contributed by atoms with van der Waals surface area (Å²) in [5, 5.41) is 9.16. The van der Waals surface area contributed by atoms with Crippen LogP contribution in [0.15, 0.2) is 66.7 Å². The van der Waals surface area contributed by atoms with Crippen molar-refractivity contribution in [1.82, 2.24) is 10.2 Å². The third kappa shape index (κ3) is 3.99. The summed E-state index contributed by atoms with van der Waals surface area (Å²) in [6, 6.07) is 20.6. The van der Waals surface area contributed by atoms with E-state index in [1.165, 1.54) is 0 Å². The third-order valence-corrected chi connectivity index (χ3v) is 3.60. The molecule has 1 amide bonds. The quantitative estimate of drug-likeness (QED) is 0.438. The van der Waals surface area contributed by atoms with Gasteiger partial charge in [0, 0.05) is 12.0 Å². The van der Waals surface area contributed by atoms with Crippen molar-refractivity contribution in [1.29, 1.82) is 0 Å². The molecular weight excluding hydrogens is 316 g/mol. The minimum Gasteiger partial charge on any atom is -0.457 e. The summed E-state index contributed by atoms with van der Waals surface area (Å²) >= 11 is 0. The molecule has 0 aliphatic heterocycles. The first-order chi connectivity index (χ1) is 12.2. The molecule has 0 aliphatic carbocycles. The molecule has 0 saturated heterocycles. The summed E-state index contributed by atoms with van der Waals surface area (Å²) in [6.45, 7) is 1.74. The van der Waals surface area contributed by atoms with Gasteiger partial charge in [0.2, 0.25) is 5.91 Å². The van der Waals surface area contributed by atoms with Gasteiger partial charge in [-0.15, -0.1) is 10.2 Å². The number of benzene rings is 2. The van der Waals surface area contributed by atoms with Crippen LogP contribution in [0.4, 0.5) is 5.82 Å². The van der Waals surface area contributed by atoms with Gasteiger partial charge >= 0.3 is 0 Å². The number of hydrazine groups is 1. The maximum Gasteiger partial charge on any atom is 0.242 e. The van der Waals surface area contributed by atoms with E-state index in [2.05, 4.69) is 10.2 Å². The van der Waals surface area contributed by atoms with E-state index in [9.17, 15) is 4.79 Å². The maximum atomic E-state index is 11.6. The topological polar surface area (TPSA) is 81.3 Å². The summed E-state index contributed by atoms with van der Waals surface area (Å²) in [6.07, 6.45) is 0.308. The summed E-state index contributed by atoms with van der Waals surface area (Å²) < 4.78 is 5.76. The molecule has 0 spiro atoms. The Kier molecular flexibility index (Phi) is 5.01. The van der Waals surface area contributed by atoms with Gasteiger partial charge in [-0.3, -0.25) is 4.79 Å². The van der Waals surface area contributed by atoms with E-state index >= 15 is 0 Å². The van der Waals surface area contributed by atoms with Gasteiger partial charge in [-0.25, -0.2) is 10.9 Å². The number of rotatable bonds is 5. The normalized spacial score (nSPS) is 10.3. The number of carbonyl (C=O) groups is 1. The highest BCUT2D eigenvalue weighted by Crippen LogP contribution is 2.25. The first-order valence-electron chi connectivity index (χ1n) is 7.92. The molecule has 2 N–H and O–H groups in total. The highest BCUT2D eigenvalue weighted by Gasteiger charge is 2.11. The molecule has 3 aromatic rings. The molecule has 0 saturated carbocycles. The van der Waals surface area contributed by atoms with Crippen molar-refractivity contribution in [2.24, 2.45) is 5.84 Å². The van der Waals surface area contributed by atoms with Crippen molar-refractivity contribution in [2.45, 2.75) is 13.3 Å². The monoisotopic (exact) mass is 334 g/mol. The minimum absolute atomic E-state index is 0.218. The second kappa shape index (κ2) is 7.55. The van der Waals surface area contributed by atoms with Crippen LogP contribution in [0.25, 0.3) is 11.3 Å². The van der Waals surface area contributed by atoms with Gasteiger partial charge in [0.15, 0.2) is 5.82 Å². The van der Waals surface area contributed by atoms with Crippen LogP contribution < -0.4 is 15.6 Å². The third-order valence-electron chi connectivity index (χ3n) is 3.60. The number of aromatic nitrogens is 2. The van der Waals surface area contributed by atoms with E-state index in [1.807, 2.05) is 54.6 Å². The Balaban J connectivity index is 1.73. The second-order valence-corrected chi connectivity index (χ2v) is 5.33. The number of hydrogen-bond donors (Lipinski definition) is 1. The second-order valence-electron chi connectivity index (χ2n) is 5.33. The molecule has 0 radical (unpaired) electrons. The number of ether oxygens (including phenoxy) is 1. The molecule has 0 atom stereocenters. The molecule has 0 aliphatic rings. The number of amides is 1. The highest BCUT2D eigenvalue weighted by molar-refractivity contribution is 5.90. The van der Waals surface area contributed by atoms with Crippen molar-refractivity contribution >= 4 is 11.7 Å². The molecule has 0 bridgehead atoms. The SMILES string of the molecule is CCC(=O)N(N)c1ccc(-c2ccc(Oc3ccccc3)cc2)nn1. The summed E-state index contributed by atoms with van der Waals surface area (Å²) in [7, 11) is 0. The van der Waals surface area contributed by atoms with E-state index in [0.29, 0.717) is 17.9 Å². The molecule has 0 fully saturated rings. The van der Waals surface area contributed by atoms with Gasteiger partial charge in [0.1, 0.15) is 11.5 Å². The molecule has 1 heterocycles. The van der Waals surface area contributed by atoms with Gasteiger partial charge in [0.05, 0.1) is 5.69 Å². The Labute approximate surface area is 145 Å². The molecule has 25 heavy (non-hydrogen) atoms. The first-order valence-corrected chi connectivity index (χ1v) is 7.92. The van der Waals surface area contributed by atoms with Gasteiger partial charge in [-0.05, 0) is 48.5 Å². The summed E-state index contributed by atoms with van der Waals surface area (Å²) in [4.78, 5) is 11.6. The van der Waals surface area contributed by atoms with Gasteiger partial charge in [0.25, 0.3) is 0 Å². The molecule has 0 unspecified atom stereocenters. The van der Waals surface area contributed by atoms with Crippen LogP contribution in [0.5, 0.6) is 11.5 Å². The van der Waals surface area contributed by atoms with E-state index in [1.54, 1.807) is 19.1 Å². The van der Waals surface area contributed by atoms with Crippen molar-refractivity contribution in [3.63, 3.8) is 0 Å². The van der Waals surface area contributed by atoms with Crippen LogP contribution in [0.2, 0.25) is 0 Å². The number of nitrogens with zero attached hydrogens (tertiary/aromatic N) is 3. The Morgan fingerprint density at radius 1 is 0.960 bits per heavy atom. The Morgan fingerprint density at radius 3 is 2.24 bits per heavy atom. The molecular formula is C19H18N4O2. The Hall–Kier alpha value is -3.25. The zero-order chi connectivity index (χ0) is 17.6. The van der Waals surface area contributed by atoms with Crippen LogP contribution >= 0.6 is 0 Å². The van der Waals surface area contributed by atoms with E-state index in [0.717, 1.165) is 22.1 Å². The number of para-hydroxylation sites is 1. The Morgan fingerprint density at radius 2 is 1.64 bits per heavy atom. The average Bonchev–Trinajstić information content (AvgIpc) is 2.68. The summed E-state index contributed by atoms with van der Waals surface area (Å²) in [5.41, 5.74) is 1.58. The molecule has 126 valence electrons. The fourth-order valence-corrected chi connectivity index (χ4v) is 2.22. The predicted octanol–water partition coefficient (Wildman–Crippen LogP) is 3.55. The van der Waals surface area contributed by atoms with Crippen LogP contribution in [0, 0.1) is 0 Å². The zero-order valence-corrected chi connectivity index (χ0v) is 13.8. The van der Waals surface area contributed by atoms with Crippen LogP contribution in [0.1, 0.15) is 13.3 Å². The largest absolute Gasteiger partial charge is 0.457 e. The fourth-order valence-electron chi connectivity index (χ4n) is 2.22. The molecule has 1 aromatic heterocycles. The smallest absolute Gasteiger partial charge is 0.242 e. The molecule has 3 rings (SSSR count). The highest BCUT2D eigenvalue weighted by atomic mass is 16.5. The number of hydrogen-bond acceptors (Lipinski definition) is 5. The standard InChI is InChI=1S/C19H18N4O2/c1-2-19(24)23(20)18-13-12-17(21-22-18)14-8-10-16(11-9-14)25-15-6-4-3-5-7-15/h3-13H,2,20H2,1H3. The minimum atomic E-state index is -0.218. The van der Waals surface area contributed by atoms with Crippen molar-refractivity contribution in [3.8, 4) is 22.8 Å². The first kappa shape index (κ1) is 16.6. The van der Waals surface area contributed by atoms with Crippen molar-refractivity contribution < 1.29 is 9.53 Å². The zero-order valence-electron chi connectivity index (χ0n) is 13.8. The lowest BCUT2D eigenvalue weighted by Gasteiger charge is -2.13. The average molecular weight is 334 g/mol. The van der Waals surface area contributed by atoms with Gasteiger partial charge in [-0.1, -0.05) is 25.1 Å². The molecule has 6 heteroatoms.